The van der Waals surface area contributed by atoms with Gasteiger partial charge in [0.1, 0.15) is 12.3 Å². The summed E-state index contributed by atoms with van der Waals surface area (Å²) in [6.07, 6.45) is 3.99. The summed E-state index contributed by atoms with van der Waals surface area (Å²) in [7, 11) is 0. The highest BCUT2D eigenvalue weighted by Crippen LogP contribution is 2.55. The molecular weight excluding hydrogens is 510 g/mol. The molecule has 5 aliphatic rings. The Morgan fingerprint density at radius 3 is 2.79 bits per heavy atom. The number of rotatable bonds is 1. The van der Waals surface area contributed by atoms with E-state index in [4.69, 9.17) is 0 Å². The van der Waals surface area contributed by atoms with Crippen molar-refractivity contribution in [3.05, 3.63) is 88.4 Å². The van der Waals surface area contributed by atoms with Gasteiger partial charge in [0.05, 0.1) is 22.1 Å². The molecule has 2 bridgehead atoms. The molecule has 1 amide bonds. The van der Waals surface area contributed by atoms with Crippen LogP contribution in [0.3, 0.4) is 0 Å². The highest BCUT2D eigenvalue weighted by atomic mass is 32.1. The topological polar surface area (TPSA) is 80.1 Å². The van der Waals surface area contributed by atoms with Gasteiger partial charge >= 0.3 is 0 Å². The van der Waals surface area contributed by atoms with Crippen molar-refractivity contribution in [2.45, 2.75) is 43.6 Å². The maximum absolute atomic E-state index is 15.7. The van der Waals surface area contributed by atoms with Crippen molar-refractivity contribution in [3.63, 3.8) is 0 Å². The number of benzene rings is 2. The molecule has 4 heterocycles. The van der Waals surface area contributed by atoms with Gasteiger partial charge in [0, 0.05) is 17.8 Å². The number of aromatic nitrogens is 1. The fourth-order valence-electron chi connectivity index (χ4n) is 7.14. The van der Waals surface area contributed by atoms with Crippen LogP contribution in [-0.2, 0) is 4.79 Å². The van der Waals surface area contributed by atoms with Crippen molar-refractivity contribution in [2.24, 2.45) is 5.92 Å². The normalized spacial score (nSPS) is 29.1. The van der Waals surface area contributed by atoms with Crippen molar-refractivity contribution in [1.82, 2.24) is 19.9 Å². The van der Waals surface area contributed by atoms with Crippen LogP contribution in [0.2, 0.25) is 0 Å². The minimum atomic E-state index is -1.31. The van der Waals surface area contributed by atoms with Gasteiger partial charge in [-0.2, -0.15) is 5.01 Å². The number of aliphatic hydroxyl groups excluding tert-OH is 2. The van der Waals surface area contributed by atoms with Gasteiger partial charge < -0.3 is 15.1 Å². The number of nitrogens with zero attached hydrogens (tertiary/aromatic N) is 4. The predicted octanol–water partition coefficient (Wildman–Crippen LogP) is 4.69. The third-order valence-electron chi connectivity index (χ3n) is 8.65. The molecule has 2 N–H and O–H groups in total. The number of fused-ring (bicyclic) bond motifs is 11. The maximum Gasteiger partial charge on any atom is 0.277 e. The molecule has 2 saturated heterocycles. The first-order chi connectivity index (χ1) is 18.5. The second-order valence-electron chi connectivity index (χ2n) is 10.4. The molecule has 38 heavy (non-hydrogen) atoms. The molecule has 10 heteroatoms. The summed E-state index contributed by atoms with van der Waals surface area (Å²) in [5.41, 5.74) is 4.36. The van der Waals surface area contributed by atoms with Crippen molar-refractivity contribution >= 4 is 17.2 Å². The molecular formula is C28H22F2N4O3S. The number of halogens is 2. The molecule has 0 spiro atoms. The Balaban J connectivity index is 1.45. The summed E-state index contributed by atoms with van der Waals surface area (Å²) < 4.78 is 30.4. The monoisotopic (exact) mass is 532 g/mol. The quantitative estimate of drug-likeness (QED) is 0.474. The molecule has 1 saturated carbocycles. The fourth-order valence-corrected chi connectivity index (χ4v) is 7.99. The number of amides is 1. The summed E-state index contributed by atoms with van der Waals surface area (Å²) in [6.45, 7) is 0. The molecule has 3 aliphatic heterocycles. The van der Waals surface area contributed by atoms with Crippen LogP contribution in [0.5, 0.6) is 0 Å². The Labute approximate surface area is 220 Å². The number of hydrogen-bond acceptors (Lipinski definition) is 7. The van der Waals surface area contributed by atoms with E-state index in [1.165, 1.54) is 17.4 Å². The van der Waals surface area contributed by atoms with Gasteiger partial charge in [0.25, 0.3) is 5.91 Å². The number of carbonyl (C=O) groups excluding carboxylic acids is 1. The van der Waals surface area contributed by atoms with Crippen LogP contribution >= 0.6 is 11.3 Å². The molecule has 7 nitrogen and oxygen atoms in total. The third-order valence-corrected chi connectivity index (χ3v) is 9.51. The number of hydrazine groups is 1. The Morgan fingerprint density at radius 1 is 1.08 bits per heavy atom. The van der Waals surface area contributed by atoms with Gasteiger partial charge in [0.2, 0.25) is 0 Å². The fraction of sp³-hybridized carbons (Fsp3) is 0.286. The Hall–Kier alpha value is -3.60. The first-order valence-electron chi connectivity index (χ1n) is 12.7. The van der Waals surface area contributed by atoms with Gasteiger partial charge in [-0.1, -0.05) is 30.3 Å². The summed E-state index contributed by atoms with van der Waals surface area (Å²) in [4.78, 5) is 20.8. The number of piperidine rings is 1. The predicted molar refractivity (Wildman–Crippen MR) is 135 cm³/mol. The lowest BCUT2D eigenvalue weighted by atomic mass is 9.90. The van der Waals surface area contributed by atoms with E-state index in [0.29, 0.717) is 11.3 Å². The molecule has 1 aromatic heterocycles. The molecule has 0 radical (unpaired) electrons. The van der Waals surface area contributed by atoms with E-state index in [1.54, 1.807) is 22.8 Å². The Kier molecular flexibility index (Phi) is 4.55. The molecule has 8 rings (SSSR count). The molecule has 5 unspecified atom stereocenters. The molecule has 2 aromatic carbocycles. The number of hydrogen-bond donors (Lipinski definition) is 2. The van der Waals surface area contributed by atoms with Crippen molar-refractivity contribution < 1.29 is 23.8 Å². The standard InChI is InChI=1S/C28H22F2N4O3S/c29-18-8-7-17-20(21(18)30)22-26(38-12-31-22)16-4-2-1-3-15(16)23(17)34-27-13-5-6-14(11-13)33(27)28(37)24-25(36)19(35)9-10-32(24)34/h1-4,7-10,12-14,19,23,27,35-36H,5-6,11H2. The van der Waals surface area contributed by atoms with Crippen LogP contribution < -0.4 is 0 Å². The van der Waals surface area contributed by atoms with Crippen LogP contribution in [0.15, 0.2) is 65.6 Å². The zero-order chi connectivity index (χ0) is 25.9. The zero-order valence-corrected chi connectivity index (χ0v) is 20.8. The van der Waals surface area contributed by atoms with E-state index in [2.05, 4.69) is 4.98 Å². The van der Waals surface area contributed by atoms with Gasteiger partial charge in [-0.05, 0) is 54.0 Å². The highest BCUT2D eigenvalue weighted by molar-refractivity contribution is 7.13. The largest absolute Gasteiger partial charge is 0.507 e. The van der Waals surface area contributed by atoms with E-state index in [9.17, 15) is 19.4 Å². The SMILES string of the molecule is O=C1C2=C(O)C(O)C=CN2N(C2c3ccccc3-c3scnc3-c3c2ccc(F)c3F)C2C3CCC(C3)N12. The number of thiazole rings is 1. The lowest BCUT2D eigenvalue weighted by molar-refractivity contribution is -0.173. The van der Waals surface area contributed by atoms with Crippen LogP contribution in [0.1, 0.15) is 36.4 Å². The van der Waals surface area contributed by atoms with E-state index < -0.39 is 29.5 Å². The van der Waals surface area contributed by atoms with Crippen molar-refractivity contribution in [1.29, 1.82) is 0 Å². The second kappa shape index (κ2) is 7.72. The van der Waals surface area contributed by atoms with Gasteiger partial charge in [-0.25, -0.2) is 13.8 Å². The van der Waals surface area contributed by atoms with Crippen LogP contribution in [0, 0.1) is 17.6 Å². The third kappa shape index (κ3) is 2.72. The lowest BCUT2D eigenvalue weighted by Crippen LogP contribution is -2.66. The highest BCUT2D eigenvalue weighted by Gasteiger charge is 2.59. The van der Waals surface area contributed by atoms with E-state index in [1.807, 2.05) is 34.2 Å². The van der Waals surface area contributed by atoms with E-state index in [0.717, 1.165) is 41.3 Å². The van der Waals surface area contributed by atoms with E-state index in [-0.39, 0.29) is 35.3 Å². The molecule has 2 aliphatic carbocycles. The Bertz CT molecular complexity index is 1600. The number of carbonyl (C=O) groups is 1. The minimum absolute atomic E-state index is 0.0115. The molecule has 5 atom stereocenters. The maximum atomic E-state index is 15.7. The second-order valence-corrected chi connectivity index (χ2v) is 11.3. The average Bonchev–Trinajstić information content (AvgIpc) is 3.66. The zero-order valence-electron chi connectivity index (χ0n) is 20.0. The minimum Gasteiger partial charge on any atom is -0.507 e. The summed E-state index contributed by atoms with van der Waals surface area (Å²) in [5, 5.41) is 25.0. The average molecular weight is 533 g/mol. The van der Waals surface area contributed by atoms with Crippen molar-refractivity contribution in [2.75, 3.05) is 0 Å². The summed E-state index contributed by atoms with van der Waals surface area (Å²) in [6, 6.07) is 9.86. The lowest BCUT2D eigenvalue weighted by Gasteiger charge is -2.55. The van der Waals surface area contributed by atoms with Crippen LogP contribution in [0.4, 0.5) is 8.78 Å². The van der Waals surface area contributed by atoms with Crippen LogP contribution in [-0.4, -0.2) is 54.3 Å². The first kappa shape index (κ1) is 22.4. The van der Waals surface area contributed by atoms with Crippen molar-refractivity contribution in [3.8, 4) is 21.7 Å². The molecule has 3 aromatic rings. The number of aliphatic hydroxyl groups is 2. The summed E-state index contributed by atoms with van der Waals surface area (Å²) >= 11 is 1.37. The van der Waals surface area contributed by atoms with Crippen LogP contribution in [0.25, 0.3) is 21.7 Å². The summed E-state index contributed by atoms with van der Waals surface area (Å²) in [5.74, 6) is -2.50. The van der Waals surface area contributed by atoms with Gasteiger partial charge in [-0.15, -0.1) is 11.3 Å². The molecule has 192 valence electrons. The first-order valence-corrected chi connectivity index (χ1v) is 13.5. The van der Waals surface area contributed by atoms with Gasteiger partial charge in [0.15, 0.2) is 23.1 Å². The van der Waals surface area contributed by atoms with Gasteiger partial charge in [-0.3, -0.25) is 9.80 Å². The van der Waals surface area contributed by atoms with E-state index >= 15 is 4.39 Å². The smallest absolute Gasteiger partial charge is 0.277 e. The molecule has 3 fully saturated rings. The Morgan fingerprint density at radius 2 is 1.92 bits per heavy atom.